The van der Waals surface area contributed by atoms with E-state index in [4.69, 9.17) is 4.74 Å². The van der Waals surface area contributed by atoms with Gasteiger partial charge in [0, 0.05) is 13.2 Å². The highest BCUT2D eigenvalue weighted by Gasteiger charge is 1.95. The third kappa shape index (κ3) is 17.8. The molecular weight excluding hydrogens is 136 g/mol. The van der Waals surface area contributed by atoms with E-state index >= 15 is 0 Å². The normalized spacial score (nSPS) is 18.5. The van der Waals surface area contributed by atoms with Gasteiger partial charge < -0.3 is 4.74 Å². The van der Waals surface area contributed by atoms with Gasteiger partial charge in [0.15, 0.2) is 0 Å². The smallest absolute Gasteiger partial charge is 0.0466 e. The van der Waals surface area contributed by atoms with Gasteiger partial charge in [-0.2, -0.15) is 0 Å². The SMILES string of the molecule is C1CCOCC1.CC(C)(C)C. The van der Waals surface area contributed by atoms with Crippen LogP contribution in [0.15, 0.2) is 0 Å². The number of hydrogen-bond donors (Lipinski definition) is 0. The first kappa shape index (κ1) is 11.0. The lowest BCUT2D eigenvalue weighted by molar-refractivity contribution is 0.0968. The quantitative estimate of drug-likeness (QED) is 0.526. The predicted octanol–water partition coefficient (Wildman–Crippen LogP) is 3.24. The molecule has 0 amide bonds. The predicted molar refractivity (Wildman–Crippen MR) is 49.8 cm³/mol. The zero-order valence-corrected chi connectivity index (χ0v) is 8.44. The molecule has 0 aromatic carbocycles. The fraction of sp³-hybridized carbons (Fsp3) is 1.00. The molecule has 0 radical (unpaired) electrons. The van der Waals surface area contributed by atoms with Crippen LogP contribution in [0.25, 0.3) is 0 Å². The second-order valence-electron chi connectivity index (χ2n) is 4.67. The molecule has 0 saturated carbocycles. The second-order valence-corrected chi connectivity index (χ2v) is 4.67. The zero-order valence-electron chi connectivity index (χ0n) is 8.44. The van der Waals surface area contributed by atoms with Crippen molar-refractivity contribution in [2.24, 2.45) is 5.41 Å². The van der Waals surface area contributed by atoms with Crippen LogP contribution < -0.4 is 0 Å². The number of rotatable bonds is 0. The molecule has 1 fully saturated rings. The third-order valence-corrected chi connectivity index (χ3v) is 1.08. The molecule has 1 rings (SSSR count). The largest absolute Gasteiger partial charge is 0.381 e. The molecule has 0 spiro atoms. The van der Waals surface area contributed by atoms with E-state index in [0.717, 1.165) is 13.2 Å². The molecule has 1 heteroatoms. The fourth-order valence-electron chi connectivity index (χ4n) is 0.687. The standard InChI is InChI=1S/C5H10O.C5H12/c1-2-4-6-5-3-1;1-5(2,3)4/h1-5H2;1-4H3. The maximum atomic E-state index is 5.07. The van der Waals surface area contributed by atoms with Gasteiger partial charge in [0.25, 0.3) is 0 Å². The Morgan fingerprint density at radius 3 is 1.27 bits per heavy atom. The first-order valence-electron chi connectivity index (χ1n) is 4.58. The Hall–Kier alpha value is -0.0400. The molecular formula is C10H22O. The minimum absolute atomic E-state index is 0.500. The molecule has 1 nitrogen and oxygen atoms in total. The van der Waals surface area contributed by atoms with Crippen molar-refractivity contribution in [3.05, 3.63) is 0 Å². The average molecular weight is 158 g/mol. The van der Waals surface area contributed by atoms with Crippen molar-refractivity contribution < 1.29 is 4.74 Å². The lowest BCUT2D eigenvalue weighted by Crippen LogP contribution is -2.03. The van der Waals surface area contributed by atoms with E-state index in [0.29, 0.717) is 5.41 Å². The summed E-state index contributed by atoms with van der Waals surface area (Å²) in [5.41, 5.74) is 0.500. The average Bonchev–Trinajstić information content (AvgIpc) is 1.88. The highest BCUT2D eigenvalue weighted by molar-refractivity contribution is 4.47. The summed E-state index contributed by atoms with van der Waals surface area (Å²) in [6.45, 7) is 10.8. The monoisotopic (exact) mass is 158 g/mol. The second kappa shape index (κ2) is 5.59. The lowest BCUT2D eigenvalue weighted by atomic mass is 10.0. The fourth-order valence-corrected chi connectivity index (χ4v) is 0.687. The van der Waals surface area contributed by atoms with Gasteiger partial charge in [-0.05, 0) is 24.7 Å². The highest BCUT2D eigenvalue weighted by Crippen LogP contribution is 2.08. The maximum Gasteiger partial charge on any atom is 0.0466 e. The minimum Gasteiger partial charge on any atom is -0.381 e. The molecule has 1 aliphatic heterocycles. The Labute approximate surface area is 71.1 Å². The summed E-state index contributed by atoms with van der Waals surface area (Å²) in [7, 11) is 0. The Bertz CT molecular complexity index is 59.9. The number of hydrogen-bond acceptors (Lipinski definition) is 1. The van der Waals surface area contributed by atoms with Crippen molar-refractivity contribution in [2.45, 2.75) is 47.0 Å². The number of ether oxygens (including phenoxy) is 1. The van der Waals surface area contributed by atoms with Crippen LogP contribution in [0, 0.1) is 5.41 Å². The van der Waals surface area contributed by atoms with Crippen LogP contribution in [-0.2, 0) is 4.74 Å². The first-order chi connectivity index (χ1) is 5.00. The van der Waals surface area contributed by atoms with E-state index in [1.807, 2.05) is 0 Å². The van der Waals surface area contributed by atoms with Crippen LogP contribution in [0.1, 0.15) is 47.0 Å². The van der Waals surface area contributed by atoms with E-state index in [1.165, 1.54) is 19.3 Å². The summed E-state index contributed by atoms with van der Waals surface area (Å²) in [6.07, 6.45) is 3.93. The van der Waals surface area contributed by atoms with Gasteiger partial charge in [-0.15, -0.1) is 0 Å². The van der Waals surface area contributed by atoms with E-state index in [1.54, 1.807) is 0 Å². The summed E-state index contributed by atoms with van der Waals surface area (Å²) in [5, 5.41) is 0. The van der Waals surface area contributed by atoms with E-state index in [9.17, 15) is 0 Å². The van der Waals surface area contributed by atoms with Crippen LogP contribution in [0.4, 0.5) is 0 Å². The molecule has 0 aliphatic carbocycles. The van der Waals surface area contributed by atoms with Crippen molar-refractivity contribution in [3.8, 4) is 0 Å². The van der Waals surface area contributed by atoms with Crippen LogP contribution in [0.2, 0.25) is 0 Å². The maximum absolute atomic E-state index is 5.07. The van der Waals surface area contributed by atoms with Crippen LogP contribution in [-0.4, -0.2) is 13.2 Å². The van der Waals surface area contributed by atoms with Crippen molar-refractivity contribution >= 4 is 0 Å². The molecule has 0 N–H and O–H groups in total. The van der Waals surface area contributed by atoms with E-state index in [2.05, 4.69) is 27.7 Å². The highest BCUT2D eigenvalue weighted by atomic mass is 16.5. The molecule has 11 heavy (non-hydrogen) atoms. The van der Waals surface area contributed by atoms with Gasteiger partial charge in [-0.1, -0.05) is 27.7 Å². The molecule has 1 aliphatic rings. The summed E-state index contributed by atoms with van der Waals surface area (Å²) >= 11 is 0. The van der Waals surface area contributed by atoms with Gasteiger partial charge in [0.1, 0.15) is 0 Å². The summed E-state index contributed by atoms with van der Waals surface area (Å²) < 4.78 is 5.07. The van der Waals surface area contributed by atoms with Crippen LogP contribution >= 0.6 is 0 Å². The van der Waals surface area contributed by atoms with Gasteiger partial charge in [0.2, 0.25) is 0 Å². The molecule has 1 heterocycles. The van der Waals surface area contributed by atoms with Crippen molar-refractivity contribution in [1.82, 2.24) is 0 Å². The minimum atomic E-state index is 0.500. The van der Waals surface area contributed by atoms with Gasteiger partial charge in [-0.3, -0.25) is 0 Å². The van der Waals surface area contributed by atoms with Crippen LogP contribution in [0.5, 0.6) is 0 Å². The van der Waals surface area contributed by atoms with Crippen molar-refractivity contribution in [3.63, 3.8) is 0 Å². The van der Waals surface area contributed by atoms with Crippen LogP contribution in [0.3, 0.4) is 0 Å². The van der Waals surface area contributed by atoms with E-state index < -0.39 is 0 Å². The zero-order chi connectivity index (χ0) is 8.74. The molecule has 68 valence electrons. The Morgan fingerprint density at radius 2 is 1.18 bits per heavy atom. The van der Waals surface area contributed by atoms with Crippen molar-refractivity contribution in [1.29, 1.82) is 0 Å². The van der Waals surface area contributed by atoms with Gasteiger partial charge >= 0.3 is 0 Å². The molecule has 0 aromatic heterocycles. The van der Waals surface area contributed by atoms with Gasteiger partial charge in [-0.25, -0.2) is 0 Å². The molecule has 0 bridgehead atoms. The molecule has 0 aromatic rings. The van der Waals surface area contributed by atoms with E-state index in [-0.39, 0.29) is 0 Å². The third-order valence-electron chi connectivity index (χ3n) is 1.08. The first-order valence-corrected chi connectivity index (χ1v) is 4.58. The van der Waals surface area contributed by atoms with Crippen molar-refractivity contribution in [2.75, 3.05) is 13.2 Å². The molecule has 0 unspecified atom stereocenters. The Balaban J connectivity index is 0.000000187. The summed E-state index contributed by atoms with van der Waals surface area (Å²) in [6, 6.07) is 0. The Morgan fingerprint density at radius 1 is 0.818 bits per heavy atom. The molecule has 0 atom stereocenters. The summed E-state index contributed by atoms with van der Waals surface area (Å²) in [4.78, 5) is 0. The van der Waals surface area contributed by atoms with Gasteiger partial charge in [0.05, 0.1) is 0 Å². The Kier molecular flexibility index (Phi) is 5.57. The molecule has 1 saturated heterocycles. The lowest BCUT2D eigenvalue weighted by Gasteiger charge is -2.08. The topological polar surface area (TPSA) is 9.23 Å². The summed E-state index contributed by atoms with van der Waals surface area (Å²) in [5.74, 6) is 0.